The first kappa shape index (κ1) is 35.9. The number of hydrogen-bond donors (Lipinski definition) is 0. The highest BCUT2D eigenvalue weighted by Gasteiger charge is 2.49. The van der Waals surface area contributed by atoms with Crippen molar-refractivity contribution in [2.75, 3.05) is 4.90 Å². The van der Waals surface area contributed by atoms with E-state index in [0.29, 0.717) is 0 Å². The van der Waals surface area contributed by atoms with Gasteiger partial charge in [0.05, 0.1) is 11.1 Å². The Balaban J connectivity index is 1.13. The Labute approximate surface area is 359 Å². The summed E-state index contributed by atoms with van der Waals surface area (Å²) in [5.41, 5.74) is 24.5. The third kappa shape index (κ3) is 5.07. The molecule has 0 amide bonds. The summed E-state index contributed by atoms with van der Waals surface area (Å²) in [5, 5.41) is 2.54. The lowest BCUT2D eigenvalue weighted by Gasteiger charge is -2.36. The topological polar surface area (TPSA) is 3.24 Å². The van der Waals surface area contributed by atoms with Crippen LogP contribution in [0.5, 0.6) is 0 Å². The van der Waals surface area contributed by atoms with Gasteiger partial charge in [-0.1, -0.05) is 166 Å². The molecule has 292 valence electrons. The minimum Gasteiger partial charge on any atom is -0.310 e. The Hall–Kier alpha value is -6.96. The van der Waals surface area contributed by atoms with Gasteiger partial charge < -0.3 is 4.90 Å². The van der Waals surface area contributed by atoms with Crippen molar-refractivity contribution < 1.29 is 0 Å². The Morgan fingerprint density at radius 2 is 0.869 bits per heavy atom. The van der Waals surface area contributed by atoms with E-state index in [0.717, 1.165) is 12.8 Å². The predicted molar refractivity (Wildman–Crippen MR) is 256 cm³/mol. The normalized spacial score (nSPS) is 14.7. The Morgan fingerprint density at radius 3 is 1.54 bits per heavy atom. The molecule has 61 heavy (non-hydrogen) atoms. The van der Waals surface area contributed by atoms with Crippen LogP contribution in [0.3, 0.4) is 0 Å². The molecule has 1 nitrogen and oxygen atoms in total. The minimum absolute atomic E-state index is 0.132. The number of aryl methyl sites for hydroxylation is 4. The van der Waals surface area contributed by atoms with Crippen molar-refractivity contribution in [2.45, 2.75) is 51.4 Å². The maximum absolute atomic E-state index is 2.57. The second-order valence-corrected chi connectivity index (χ2v) is 18.1. The number of rotatable bonds is 4. The molecule has 0 saturated heterocycles. The number of hydrogen-bond acceptors (Lipinski definition) is 1. The summed E-state index contributed by atoms with van der Waals surface area (Å²) < 4.78 is 0. The molecule has 0 saturated carbocycles. The van der Waals surface area contributed by atoms with Gasteiger partial charge in [-0.25, -0.2) is 0 Å². The summed E-state index contributed by atoms with van der Waals surface area (Å²) in [7, 11) is 0. The molecule has 0 unspecified atom stereocenters. The van der Waals surface area contributed by atoms with Crippen molar-refractivity contribution in [3.8, 4) is 33.4 Å². The van der Waals surface area contributed by atoms with E-state index in [1.807, 2.05) is 0 Å². The summed E-state index contributed by atoms with van der Waals surface area (Å²) in [6, 6.07) is 71.5. The largest absolute Gasteiger partial charge is 0.310 e. The van der Waals surface area contributed by atoms with Crippen LogP contribution in [0.15, 0.2) is 188 Å². The molecule has 9 aromatic carbocycles. The van der Waals surface area contributed by atoms with Crippen LogP contribution in [-0.2, 0) is 23.7 Å². The number of nitrogens with zero attached hydrogens (tertiary/aromatic N) is 1. The van der Waals surface area contributed by atoms with Gasteiger partial charge in [-0.15, -0.1) is 0 Å². The molecule has 1 heteroatoms. The molecular weight excluding hydrogens is 735 g/mol. The molecule has 0 aromatic heterocycles. The summed E-state index contributed by atoms with van der Waals surface area (Å²) >= 11 is 0. The molecule has 3 aliphatic carbocycles. The number of fused-ring (bicyclic) bond motifs is 13. The molecule has 9 aromatic rings. The van der Waals surface area contributed by atoms with Crippen molar-refractivity contribution in [1.29, 1.82) is 0 Å². The van der Waals surface area contributed by atoms with E-state index in [2.05, 4.69) is 221 Å². The number of benzene rings is 9. The summed E-state index contributed by atoms with van der Waals surface area (Å²) in [6.45, 7) is 9.39. The molecule has 0 aliphatic heterocycles. The Morgan fingerprint density at radius 1 is 0.393 bits per heavy atom. The highest BCUT2D eigenvalue weighted by molar-refractivity contribution is 5.98. The van der Waals surface area contributed by atoms with E-state index in [4.69, 9.17) is 0 Å². The molecule has 0 radical (unpaired) electrons. The van der Waals surface area contributed by atoms with Crippen molar-refractivity contribution >= 4 is 27.8 Å². The van der Waals surface area contributed by atoms with Crippen LogP contribution in [0.25, 0.3) is 44.2 Å². The lowest BCUT2D eigenvalue weighted by Crippen LogP contribution is -2.30. The summed E-state index contributed by atoms with van der Waals surface area (Å²) in [4.78, 5) is 2.57. The van der Waals surface area contributed by atoms with Crippen LogP contribution in [0, 0.1) is 13.8 Å². The van der Waals surface area contributed by atoms with Gasteiger partial charge in [-0.2, -0.15) is 0 Å². The molecule has 0 atom stereocenters. The quantitative estimate of drug-likeness (QED) is 0.172. The van der Waals surface area contributed by atoms with E-state index in [1.54, 1.807) is 0 Å². The lowest BCUT2D eigenvalue weighted by molar-refractivity contribution is 0.660. The monoisotopic (exact) mass is 781 g/mol. The third-order valence-corrected chi connectivity index (χ3v) is 14.4. The molecule has 1 spiro atoms. The van der Waals surface area contributed by atoms with E-state index >= 15 is 0 Å². The van der Waals surface area contributed by atoms with Crippen molar-refractivity contribution in [1.82, 2.24) is 0 Å². The zero-order valence-electron chi connectivity index (χ0n) is 35.3. The molecule has 3 aliphatic rings. The Kier molecular flexibility index (Phi) is 7.82. The summed E-state index contributed by atoms with van der Waals surface area (Å²) in [6.07, 6.45) is 2.04. The van der Waals surface area contributed by atoms with Crippen LogP contribution in [-0.4, -0.2) is 0 Å². The third-order valence-electron chi connectivity index (χ3n) is 14.4. The first-order chi connectivity index (χ1) is 29.8. The fourth-order valence-electron chi connectivity index (χ4n) is 11.8. The Bertz CT molecular complexity index is 3190. The van der Waals surface area contributed by atoms with Crippen molar-refractivity contribution in [3.63, 3.8) is 0 Å². The fraction of sp³-hybridized carbons (Fsp3) is 0.133. The maximum Gasteiger partial charge on any atom is 0.0719 e. The van der Waals surface area contributed by atoms with Gasteiger partial charge in [-0.05, 0) is 163 Å². The smallest absolute Gasteiger partial charge is 0.0719 e. The van der Waals surface area contributed by atoms with E-state index in [1.165, 1.54) is 117 Å². The second kappa shape index (κ2) is 13.3. The van der Waals surface area contributed by atoms with Crippen LogP contribution in [0.4, 0.5) is 17.1 Å². The minimum atomic E-state index is -0.457. The first-order valence-corrected chi connectivity index (χ1v) is 21.9. The van der Waals surface area contributed by atoms with Gasteiger partial charge in [0.1, 0.15) is 0 Å². The SMILES string of the molecule is Cc1cc(-c2cccc3ccccc23)cc(C)c1N(c1ccc2c(c1)C(C)(C)c1ccccc1-2)c1ccc2c(c1)C1(c3ccccc3CCc3ccccc31)c1ccccc1-2. The standard InChI is InChI=1S/C60H47N/c1-38-34-43(47-23-15-19-40-16-5-8-20-46(40)47)35-39(2)58(38)61(44-30-32-50-48-21-9-13-26-54(48)59(3,4)56(50)36-44)45-31-33-51-49-22-10-14-27-55(49)60(57(51)37-45)52-24-11-6-17-41(52)28-29-42-18-7-12-25-53(42)60/h5-27,30-37H,28-29H2,1-4H3. The molecule has 0 heterocycles. The van der Waals surface area contributed by atoms with Gasteiger partial charge in [0.2, 0.25) is 0 Å². The van der Waals surface area contributed by atoms with Gasteiger partial charge in [0, 0.05) is 16.8 Å². The van der Waals surface area contributed by atoms with Crippen LogP contribution < -0.4 is 4.90 Å². The highest BCUT2D eigenvalue weighted by atomic mass is 15.1. The van der Waals surface area contributed by atoms with Gasteiger partial charge in [0.25, 0.3) is 0 Å². The molecule has 0 bridgehead atoms. The van der Waals surface area contributed by atoms with Crippen LogP contribution in [0.1, 0.15) is 69.5 Å². The average molecular weight is 782 g/mol. The molecular formula is C60H47N. The highest BCUT2D eigenvalue weighted by Crippen LogP contribution is 2.60. The summed E-state index contributed by atoms with van der Waals surface area (Å²) in [5.74, 6) is 0. The molecule has 0 N–H and O–H groups in total. The van der Waals surface area contributed by atoms with Gasteiger partial charge >= 0.3 is 0 Å². The van der Waals surface area contributed by atoms with Crippen LogP contribution >= 0.6 is 0 Å². The maximum atomic E-state index is 2.57. The van der Waals surface area contributed by atoms with E-state index in [-0.39, 0.29) is 5.41 Å². The molecule has 12 rings (SSSR count). The molecule has 0 fully saturated rings. The number of anilines is 3. The zero-order chi connectivity index (χ0) is 41.0. The zero-order valence-corrected chi connectivity index (χ0v) is 35.3. The van der Waals surface area contributed by atoms with Gasteiger partial charge in [0.15, 0.2) is 0 Å². The van der Waals surface area contributed by atoms with E-state index < -0.39 is 5.41 Å². The van der Waals surface area contributed by atoms with Gasteiger partial charge in [-0.3, -0.25) is 0 Å². The van der Waals surface area contributed by atoms with Crippen molar-refractivity contribution in [3.05, 3.63) is 244 Å². The predicted octanol–water partition coefficient (Wildman–Crippen LogP) is 15.4. The fourth-order valence-corrected chi connectivity index (χ4v) is 11.8. The van der Waals surface area contributed by atoms with Crippen molar-refractivity contribution in [2.24, 2.45) is 0 Å². The second-order valence-electron chi connectivity index (χ2n) is 18.1. The van der Waals surface area contributed by atoms with E-state index in [9.17, 15) is 0 Å². The average Bonchev–Trinajstić information content (AvgIpc) is 3.64. The first-order valence-electron chi connectivity index (χ1n) is 21.9. The van der Waals surface area contributed by atoms with Crippen LogP contribution in [0.2, 0.25) is 0 Å². The lowest BCUT2D eigenvalue weighted by atomic mass is 9.66.